The highest BCUT2D eigenvalue weighted by Gasteiger charge is 2.30. The molecule has 1 aromatic rings. The number of hydrogen-bond donors (Lipinski definition) is 2. The normalized spacial score (nSPS) is 23.4. The van der Waals surface area contributed by atoms with Crippen LogP contribution in [0.15, 0.2) is 24.3 Å². The molecule has 0 radical (unpaired) electrons. The predicted molar refractivity (Wildman–Crippen MR) is 66.9 cm³/mol. The van der Waals surface area contributed by atoms with Gasteiger partial charge in [-0.2, -0.15) is 0 Å². The summed E-state index contributed by atoms with van der Waals surface area (Å²) in [5, 5.41) is 2.89. The van der Waals surface area contributed by atoms with Gasteiger partial charge in [0.1, 0.15) is 5.75 Å². The number of hydrogen-bond acceptors (Lipinski definition) is 3. The number of benzene rings is 1. The Balaban J connectivity index is 2.02. The van der Waals surface area contributed by atoms with Gasteiger partial charge in [-0.15, -0.1) is 0 Å². The Hall–Kier alpha value is -1.55. The zero-order valence-electron chi connectivity index (χ0n) is 9.98. The van der Waals surface area contributed by atoms with E-state index in [1.807, 2.05) is 18.2 Å². The number of nitrogens with two attached hydrogens (primary N) is 1. The van der Waals surface area contributed by atoms with Crippen LogP contribution in [0.1, 0.15) is 19.3 Å². The van der Waals surface area contributed by atoms with E-state index in [2.05, 4.69) is 5.32 Å². The van der Waals surface area contributed by atoms with Gasteiger partial charge in [0.2, 0.25) is 5.91 Å². The number of ether oxygens (including phenoxy) is 1. The molecule has 17 heavy (non-hydrogen) atoms. The highest BCUT2D eigenvalue weighted by molar-refractivity contribution is 5.93. The van der Waals surface area contributed by atoms with E-state index in [9.17, 15) is 4.79 Å². The van der Waals surface area contributed by atoms with Crippen molar-refractivity contribution in [3.05, 3.63) is 24.3 Å². The smallest absolute Gasteiger partial charge is 0.229 e. The quantitative estimate of drug-likeness (QED) is 0.837. The second kappa shape index (κ2) is 5.19. The van der Waals surface area contributed by atoms with Gasteiger partial charge in [0.15, 0.2) is 0 Å². The van der Waals surface area contributed by atoms with Crippen LogP contribution in [0.2, 0.25) is 0 Å². The summed E-state index contributed by atoms with van der Waals surface area (Å²) in [6.45, 7) is 0. The largest absolute Gasteiger partial charge is 0.497 e. The van der Waals surface area contributed by atoms with Crippen molar-refractivity contribution < 1.29 is 9.53 Å². The fourth-order valence-corrected chi connectivity index (χ4v) is 2.25. The van der Waals surface area contributed by atoms with Gasteiger partial charge in [0.25, 0.3) is 0 Å². The average Bonchev–Trinajstić information content (AvgIpc) is 2.76. The Morgan fingerprint density at radius 3 is 2.94 bits per heavy atom. The fourth-order valence-electron chi connectivity index (χ4n) is 2.25. The van der Waals surface area contributed by atoms with Crippen molar-refractivity contribution in [2.24, 2.45) is 11.7 Å². The van der Waals surface area contributed by atoms with E-state index in [1.54, 1.807) is 13.2 Å². The first kappa shape index (κ1) is 11.9. The Kier molecular flexibility index (Phi) is 3.64. The zero-order chi connectivity index (χ0) is 12.3. The summed E-state index contributed by atoms with van der Waals surface area (Å²) in [6.07, 6.45) is 2.87. The zero-order valence-corrected chi connectivity index (χ0v) is 9.98. The van der Waals surface area contributed by atoms with E-state index in [1.165, 1.54) is 0 Å². The number of rotatable bonds is 3. The average molecular weight is 234 g/mol. The van der Waals surface area contributed by atoms with Crippen molar-refractivity contribution >= 4 is 11.6 Å². The number of nitrogens with one attached hydrogen (secondary N) is 1. The first-order valence-electron chi connectivity index (χ1n) is 5.91. The lowest BCUT2D eigenvalue weighted by Crippen LogP contribution is -2.34. The van der Waals surface area contributed by atoms with E-state index in [0.717, 1.165) is 30.7 Å². The van der Waals surface area contributed by atoms with Crippen molar-refractivity contribution in [1.82, 2.24) is 0 Å². The molecule has 1 aliphatic rings. The molecule has 0 heterocycles. The van der Waals surface area contributed by atoms with Crippen LogP contribution < -0.4 is 15.8 Å². The van der Waals surface area contributed by atoms with Crippen LogP contribution in [0, 0.1) is 5.92 Å². The molecule has 1 saturated carbocycles. The summed E-state index contributed by atoms with van der Waals surface area (Å²) in [7, 11) is 1.60. The molecule has 0 aliphatic heterocycles. The molecular formula is C13H18N2O2. The second-order valence-corrected chi connectivity index (χ2v) is 4.42. The Morgan fingerprint density at radius 2 is 2.29 bits per heavy atom. The molecule has 0 saturated heterocycles. The second-order valence-electron chi connectivity index (χ2n) is 4.42. The molecule has 1 aromatic carbocycles. The fraction of sp³-hybridized carbons (Fsp3) is 0.462. The minimum absolute atomic E-state index is 0.000563. The highest BCUT2D eigenvalue weighted by atomic mass is 16.5. The van der Waals surface area contributed by atoms with E-state index < -0.39 is 0 Å². The summed E-state index contributed by atoms with van der Waals surface area (Å²) in [5.41, 5.74) is 6.66. The Labute approximate surface area is 101 Å². The minimum atomic E-state index is -0.0544. The van der Waals surface area contributed by atoms with Gasteiger partial charge in [-0.25, -0.2) is 0 Å². The van der Waals surface area contributed by atoms with Crippen molar-refractivity contribution in [2.45, 2.75) is 25.3 Å². The minimum Gasteiger partial charge on any atom is -0.497 e. The molecule has 1 amide bonds. The summed E-state index contributed by atoms with van der Waals surface area (Å²) < 4.78 is 5.11. The number of anilines is 1. The van der Waals surface area contributed by atoms with E-state index in [-0.39, 0.29) is 17.9 Å². The van der Waals surface area contributed by atoms with Crippen LogP contribution in [0.25, 0.3) is 0 Å². The van der Waals surface area contributed by atoms with Gasteiger partial charge in [-0.05, 0) is 25.0 Å². The molecule has 4 heteroatoms. The Morgan fingerprint density at radius 1 is 1.47 bits per heavy atom. The summed E-state index contributed by atoms with van der Waals surface area (Å²) >= 11 is 0. The molecule has 0 aromatic heterocycles. The topological polar surface area (TPSA) is 64.3 Å². The van der Waals surface area contributed by atoms with Crippen LogP contribution in [0.3, 0.4) is 0 Å². The highest BCUT2D eigenvalue weighted by Crippen LogP contribution is 2.26. The number of amides is 1. The first-order valence-corrected chi connectivity index (χ1v) is 5.91. The number of carbonyl (C=O) groups is 1. The van der Waals surface area contributed by atoms with E-state index in [4.69, 9.17) is 10.5 Å². The third kappa shape index (κ3) is 2.77. The molecule has 0 bridgehead atoms. The maximum Gasteiger partial charge on any atom is 0.229 e. The van der Waals surface area contributed by atoms with Crippen LogP contribution in [0.4, 0.5) is 5.69 Å². The standard InChI is InChI=1S/C13H18N2O2/c1-17-10-5-2-4-9(8-10)15-13(16)11-6-3-7-12(11)14/h2,4-5,8,11-12H,3,6-7,14H2,1H3,(H,15,16). The Bertz CT molecular complexity index is 406. The van der Waals surface area contributed by atoms with Crippen LogP contribution >= 0.6 is 0 Å². The molecule has 2 rings (SSSR count). The molecule has 2 atom stereocenters. The molecule has 1 fully saturated rings. The van der Waals surface area contributed by atoms with E-state index >= 15 is 0 Å². The van der Waals surface area contributed by atoms with Gasteiger partial charge < -0.3 is 15.8 Å². The monoisotopic (exact) mass is 234 g/mol. The van der Waals surface area contributed by atoms with Gasteiger partial charge in [0, 0.05) is 17.8 Å². The van der Waals surface area contributed by atoms with Gasteiger partial charge in [-0.3, -0.25) is 4.79 Å². The summed E-state index contributed by atoms with van der Waals surface area (Å²) in [6, 6.07) is 7.35. The van der Waals surface area contributed by atoms with Crippen molar-refractivity contribution in [3.63, 3.8) is 0 Å². The summed E-state index contributed by atoms with van der Waals surface area (Å²) in [4.78, 5) is 12.0. The van der Waals surface area contributed by atoms with E-state index in [0.29, 0.717) is 0 Å². The molecule has 3 N–H and O–H groups in total. The van der Waals surface area contributed by atoms with Crippen LogP contribution in [-0.4, -0.2) is 19.1 Å². The molecule has 4 nitrogen and oxygen atoms in total. The maximum absolute atomic E-state index is 12.0. The van der Waals surface area contributed by atoms with Crippen LogP contribution in [0.5, 0.6) is 5.75 Å². The SMILES string of the molecule is COc1cccc(NC(=O)C2CCCC2N)c1. The van der Waals surface area contributed by atoms with Gasteiger partial charge >= 0.3 is 0 Å². The van der Waals surface area contributed by atoms with Crippen molar-refractivity contribution in [1.29, 1.82) is 0 Å². The number of methoxy groups -OCH3 is 1. The van der Waals surface area contributed by atoms with Crippen molar-refractivity contribution in [2.75, 3.05) is 12.4 Å². The lowest BCUT2D eigenvalue weighted by molar-refractivity contribution is -0.120. The number of carbonyl (C=O) groups excluding carboxylic acids is 1. The third-order valence-corrected chi connectivity index (χ3v) is 3.24. The lowest BCUT2D eigenvalue weighted by atomic mass is 10.0. The maximum atomic E-state index is 12.0. The van der Waals surface area contributed by atoms with Crippen molar-refractivity contribution in [3.8, 4) is 5.75 Å². The molecular weight excluding hydrogens is 216 g/mol. The lowest BCUT2D eigenvalue weighted by Gasteiger charge is -2.15. The molecule has 1 aliphatic carbocycles. The molecule has 0 spiro atoms. The van der Waals surface area contributed by atoms with Gasteiger partial charge in [-0.1, -0.05) is 12.5 Å². The van der Waals surface area contributed by atoms with Crippen LogP contribution in [-0.2, 0) is 4.79 Å². The first-order chi connectivity index (χ1) is 8.20. The summed E-state index contributed by atoms with van der Waals surface area (Å²) in [5.74, 6) is 0.697. The predicted octanol–water partition coefficient (Wildman–Crippen LogP) is 1.76. The third-order valence-electron chi connectivity index (χ3n) is 3.24. The molecule has 92 valence electrons. The molecule has 2 unspecified atom stereocenters. The van der Waals surface area contributed by atoms with Gasteiger partial charge in [0.05, 0.1) is 13.0 Å².